The standard InChI is InChI=1S/C16H23N3OS/c1-5-17-14-12-9(3)10(4)21-16(12)19-15(18-14)13(20-6-2)11-7-8-11/h11,13H,5-8H2,1-4H3,(H,17,18,19). The maximum atomic E-state index is 5.92. The number of aryl methyl sites for hydroxylation is 2. The third kappa shape index (κ3) is 2.77. The van der Waals surface area contributed by atoms with Gasteiger partial charge in [-0.15, -0.1) is 11.3 Å². The van der Waals surface area contributed by atoms with Gasteiger partial charge in [-0.1, -0.05) is 0 Å². The Hall–Kier alpha value is -1.20. The summed E-state index contributed by atoms with van der Waals surface area (Å²) in [6, 6.07) is 0. The highest BCUT2D eigenvalue weighted by atomic mass is 32.1. The van der Waals surface area contributed by atoms with Crippen LogP contribution in [0, 0.1) is 19.8 Å². The van der Waals surface area contributed by atoms with Gasteiger partial charge in [0.2, 0.25) is 0 Å². The highest BCUT2D eigenvalue weighted by molar-refractivity contribution is 7.18. The lowest BCUT2D eigenvalue weighted by Gasteiger charge is -2.16. The molecule has 1 unspecified atom stereocenters. The van der Waals surface area contributed by atoms with Gasteiger partial charge >= 0.3 is 0 Å². The van der Waals surface area contributed by atoms with Crippen molar-refractivity contribution < 1.29 is 4.74 Å². The Balaban J connectivity index is 2.10. The van der Waals surface area contributed by atoms with Gasteiger partial charge in [0.15, 0.2) is 5.82 Å². The van der Waals surface area contributed by atoms with Crippen molar-refractivity contribution in [3.8, 4) is 0 Å². The smallest absolute Gasteiger partial charge is 0.161 e. The van der Waals surface area contributed by atoms with E-state index >= 15 is 0 Å². The molecule has 1 aliphatic carbocycles. The van der Waals surface area contributed by atoms with E-state index in [0.29, 0.717) is 12.5 Å². The fourth-order valence-corrected chi connectivity index (χ4v) is 3.72. The molecule has 0 saturated heterocycles. The van der Waals surface area contributed by atoms with Crippen molar-refractivity contribution in [1.82, 2.24) is 9.97 Å². The second-order valence-electron chi connectivity index (χ2n) is 5.64. The number of nitrogens with zero attached hydrogens (tertiary/aromatic N) is 2. The summed E-state index contributed by atoms with van der Waals surface area (Å²) in [5.41, 5.74) is 1.29. The molecule has 1 aliphatic rings. The molecule has 1 atom stereocenters. The average molecular weight is 305 g/mol. The van der Waals surface area contributed by atoms with Crippen molar-refractivity contribution in [2.75, 3.05) is 18.5 Å². The summed E-state index contributed by atoms with van der Waals surface area (Å²) < 4.78 is 5.92. The Labute approximate surface area is 129 Å². The van der Waals surface area contributed by atoms with E-state index in [9.17, 15) is 0 Å². The SMILES string of the molecule is CCNc1nc(C(OCC)C2CC2)nc2sc(C)c(C)c12. The molecule has 2 heterocycles. The molecule has 21 heavy (non-hydrogen) atoms. The van der Waals surface area contributed by atoms with Gasteiger partial charge < -0.3 is 10.1 Å². The van der Waals surface area contributed by atoms with Crippen molar-refractivity contribution in [3.05, 3.63) is 16.3 Å². The molecule has 5 heteroatoms. The van der Waals surface area contributed by atoms with Gasteiger partial charge in [-0.2, -0.15) is 0 Å². The zero-order chi connectivity index (χ0) is 15.0. The van der Waals surface area contributed by atoms with E-state index in [4.69, 9.17) is 14.7 Å². The summed E-state index contributed by atoms with van der Waals surface area (Å²) in [6.07, 6.45) is 2.51. The van der Waals surface area contributed by atoms with Gasteiger partial charge in [0, 0.05) is 18.0 Å². The van der Waals surface area contributed by atoms with Crippen LogP contribution >= 0.6 is 11.3 Å². The number of hydrogen-bond donors (Lipinski definition) is 1. The van der Waals surface area contributed by atoms with E-state index in [1.165, 1.54) is 28.7 Å². The number of fused-ring (bicyclic) bond motifs is 1. The number of anilines is 1. The number of ether oxygens (including phenoxy) is 1. The molecular weight excluding hydrogens is 282 g/mol. The topological polar surface area (TPSA) is 47.0 Å². The minimum absolute atomic E-state index is 0.0551. The second-order valence-corrected chi connectivity index (χ2v) is 6.84. The molecule has 0 spiro atoms. The van der Waals surface area contributed by atoms with Crippen molar-refractivity contribution in [2.45, 2.75) is 46.6 Å². The molecule has 2 aromatic rings. The van der Waals surface area contributed by atoms with Gasteiger partial charge in [-0.25, -0.2) is 9.97 Å². The van der Waals surface area contributed by atoms with Crippen LogP contribution in [-0.4, -0.2) is 23.1 Å². The quantitative estimate of drug-likeness (QED) is 0.867. The van der Waals surface area contributed by atoms with Gasteiger partial charge in [0.25, 0.3) is 0 Å². The van der Waals surface area contributed by atoms with Crippen molar-refractivity contribution in [2.24, 2.45) is 5.92 Å². The van der Waals surface area contributed by atoms with Crippen LogP contribution in [0.4, 0.5) is 5.82 Å². The largest absolute Gasteiger partial charge is 0.370 e. The number of nitrogens with one attached hydrogen (secondary N) is 1. The van der Waals surface area contributed by atoms with Gasteiger partial charge in [-0.05, 0) is 52.0 Å². The lowest BCUT2D eigenvalue weighted by atomic mass is 10.2. The average Bonchev–Trinajstić information content (AvgIpc) is 3.24. The zero-order valence-electron chi connectivity index (χ0n) is 13.2. The summed E-state index contributed by atoms with van der Waals surface area (Å²) in [7, 11) is 0. The van der Waals surface area contributed by atoms with Crippen LogP contribution in [0.15, 0.2) is 0 Å². The molecule has 4 nitrogen and oxygen atoms in total. The van der Waals surface area contributed by atoms with Crippen LogP contribution in [0.25, 0.3) is 10.2 Å². The molecule has 1 saturated carbocycles. The minimum Gasteiger partial charge on any atom is -0.370 e. The Kier molecular flexibility index (Phi) is 4.13. The second kappa shape index (κ2) is 5.89. The minimum atomic E-state index is 0.0551. The Morgan fingerprint density at radius 3 is 2.67 bits per heavy atom. The van der Waals surface area contributed by atoms with Gasteiger partial charge in [0.1, 0.15) is 16.8 Å². The summed E-state index contributed by atoms with van der Waals surface area (Å²) >= 11 is 1.75. The molecule has 0 radical (unpaired) electrons. The highest BCUT2D eigenvalue weighted by Crippen LogP contribution is 2.43. The molecule has 0 amide bonds. The monoisotopic (exact) mass is 305 g/mol. The van der Waals surface area contributed by atoms with E-state index < -0.39 is 0 Å². The molecule has 0 bridgehead atoms. The van der Waals surface area contributed by atoms with Crippen molar-refractivity contribution in [3.63, 3.8) is 0 Å². The summed E-state index contributed by atoms with van der Waals surface area (Å²) in [5, 5.41) is 4.58. The van der Waals surface area contributed by atoms with Crippen LogP contribution in [0.2, 0.25) is 0 Å². The Morgan fingerprint density at radius 1 is 1.29 bits per heavy atom. The lowest BCUT2D eigenvalue weighted by molar-refractivity contribution is 0.0404. The maximum absolute atomic E-state index is 5.92. The number of hydrogen-bond acceptors (Lipinski definition) is 5. The fraction of sp³-hybridized carbons (Fsp3) is 0.625. The number of thiophene rings is 1. The zero-order valence-corrected chi connectivity index (χ0v) is 14.0. The molecule has 2 aromatic heterocycles. The van der Waals surface area contributed by atoms with Crippen molar-refractivity contribution in [1.29, 1.82) is 0 Å². The summed E-state index contributed by atoms with van der Waals surface area (Å²) in [5.74, 6) is 2.41. The summed E-state index contributed by atoms with van der Waals surface area (Å²) in [6.45, 7) is 10.0. The first kappa shape index (κ1) is 14.7. The number of aromatic nitrogens is 2. The molecule has 1 N–H and O–H groups in total. The normalized spacial score (nSPS) is 16.4. The van der Waals surface area contributed by atoms with Crippen molar-refractivity contribution >= 4 is 27.4 Å². The molecule has 1 fully saturated rings. The lowest BCUT2D eigenvalue weighted by Crippen LogP contribution is -2.13. The van der Waals surface area contributed by atoms with Crippen LogP contribution < -0.4 is 5.32 Å². The van der Waals surface area contributed by atoms with E-state index in [2.05, 4.69) is 26.1 Å². The Bertz CT molecular complexity index is 648. The van der Waals surface area contributed by atoms with E-state index in [1.54, 1.807) is 11.3 Å². The number of rotatable bonds is 6. The molecular formula is C16H23N3OS. The molecule has 0 aliphatic heterocycles. The van der Waals surface area contributed by atoms with Crippen LogP contribution in [0.1, 0.15) is 49.1 Å². The third-order valence-electron chi connectivity index (χ3n) is 4.04. The molecule has 3 rings (SSSR count). The Morgan fingerprint density at radius 2 is 2.05 bits per heavy atom. The van der Waals surface area contributed by atoms with Crippen LogP contribution in [0.5, 0.6) is 0 Å². The first-order valence-corrected chi connectivity index (χ1v) is 8.60. The van der Waals surface area contributed by atoms with E-state index in [-0.39, 0.29) is 6.10 Å². The van der Waals surface area contributed by atoms with Gasteiger partial charge in [0.05, 0.1) is 5.39 Å². The molecule has 114 valence electrons. The maximum Gasteiger partial charge on any atom is 0.161 e. The fourth-order valence-electron chi connectivity index (χ4n) is 2.69. The van der Waals surface area contributed by atoms with E-state index in [1.807, 2.05) is 6.92 Å². The highest BCUT2D eigenvalue weighted by Gasteiger charge is 2.35. The predicted molar refractivity (Wildman–Crippen MR) is 88.1 cm³/mol. The first-order chi connectivity index (χ1) is 10.2. The van der Waals surface area contributed by atoms with E-state index in [0.717, 1.165) is 23.0 Å². The van der Waals surface area contributed by atoms with Crippen LogP contribution in [-0.2, 0) is 4.74 Å². The van der Waals surface area contributed by atoms with Crippen LogP contribution in [0.3, 0.4) is 0 Å². The third-order valence-corrected chi connectivity index (χ3v) is 5.14. The summed E-state index contributed by atoms with van der Waals surface area (Å²) in [4.78, 5) is 12.0. The first-order valence-electron chi connectivity index (χ1n) is 7.78. The predicted octanol–water partition coefficient (Wildman–Crippen LogP) is 4.23. The molecule has 0 aromatic carbocycles. The van der Waals surface area contributed by atoms with Gasteiger partial charge in [-0.3, -0.25) is 0 Å².